The van der Waals surface area contributed by atoms with Gasteiger partial charge in [-0.25, -0.2) is 13.4 Å². The lowest BCUT2D eigenvalue weighted by molar-refractivity contribution is 0.119. The molecule has 1 saturated heterocycles. The number of nitrogens with one attached hydrogen (secondary N) is 1. The van der Waals surface area contributed by atoms with Crippen molar-refractivity contribution in [3.05, 3.63) is 30.6 Å². The van der Waals surface area contributed by atoms with Crippen LogP contribution in [0, 0.1) is 0 Å². The number of piperazine rings is 1. The third-order valence-electron chi connectivity index (χ3n) is 4.01. The molecular weight excluding hydrogens is 304 g/mol. The molecule has 22 heavy (non-hydrogen) atoms. The van der Waals surface area contributed by atoms with Crippen LogP contribution < -0.4 is 0 Å². The maximum Gasteiger partial charge on any atom is 0.246 e. The molecule has 1 atom stereocenters. The van der Waals surface area contributed by atoms with Gasteiger partial charge in [-0.15, -0.1) is 0 Å². The topological polar surface area (TPSA) is 87.1 Å². The minimum absolute atomic E-state index is 0.0554. The molecule has 0 aliphatic carbocycles. The Morgan fingerprint density at radius 1 is 1.41 bits per heavy atom. The van der Waals surface area contributed by atoms with Crippen LogP contribution in [-0.2, 0) is 17.1 Å². The lowest BCUT2D eigenvalue weighted by Crippen LogP contribution is -2.50. The van der Waals surface area contributed by atoms with Gasteiger partial charge in [0.1, 0.15) is 10.7 Å². The van der Waals surface area contributed by atoms with Crippen molar-refractivity contribution in [1.29, 1.82) is 0 Å². The highest BCUT2D eigenvalue weighted by atomic mass is 32.2. The molecule has 1 unspecified atom stereocenters. The first kappa shape index (κ1) is 15.2. The fourth-order valence-electron chi connectivity index (χ4n) is 2.79. The minimum Gasteiger partial charge on any atom is -0.347 e. The van der Waals surface area contributed by atoms with E-state index in [0.29, 0.717) is 19.6 Å². The van der Waals surface area contributed by atoms with E-state index < -0.39 is 10.0 Å². The number of H-pyrrole nitrogens is 1. The second kappa shape index (κ2) is 5.82. The number of rotatable bonds is 4. The van der Waals surface area contributed by atoms with Crippen LogP contribution in [-0.4, -0.2) is 63.6 Å². The van der Waals surface area contributed by atoms with Crippen LogP contribution in [0.4, 0.5) is 0 Å². The second-order valence-corrected chi connectivity index (χ2v) is 7.27. The van der Waals surface area contributed by atoms with Gasteiger partial charge >= 0.3 is 0 Å². The molecule has 9 heteroatoms. The predicted octanol–water partition coefficient (Wildman–Crippen LogP) is 0.211. The van der Waals surface area contributed by atoms with Crippen molar-refractivity contribution >= 4 is 10.0 Å². The van der Waals surface area contributed by atoms with Crippen LogP contribution in [0.5, 0.6) is 0 Å². The van der Waals surface area contributed by atoms with Crippen molar-refractivity contribution in [3.8, 4) is 0 Å². The number of aryl methyl sites for hydroxylation is 1. The van der Waals surface area contributed by atoms with Gasteiger partial charge in [-0.3, -0.25) is 9.58 Å². The van der Waals surface area contributed by atoms with Crippen LogP contribution in [0.25, 0.3) is 0 Å². The standard InChI is InChI=1S/C13H20N6O2S/c1-3-18-6-7-19(10-12(18)13-14-4-5-15-13)22(20,21)11-8-16-17(2)9-11/h4-5,8-9,12H,3,6-7,10H2,1-2H3,(H,14,15). The monoisotopic (exact) mass is 324 g/mol. The Morgan fingerprint density at radius 3 is 2.82 bits per heavy atom. The molecule has 2 aromatic heterocycles. The van der Waals surface area contributed by atoms with E-state index in [-0.39, 0.29) is 10.9 Å². The lowest BCUT2D eigenvalue weighted by Gasteiger charge is -2.39. The van der Waals surface area contributed by atoms with Gasteiger partial charge in [0.2, 0.25) is 10.0 Å². The summed E-state index contributed by atoms with van der Waals surface area (Å²) in [4.78, 5) is 9.86. The van der Waals surface area contributed by atoms with E-state index in [2.05, 4.69) is 26.9 Å². The summed E-state index contributed by atoms with van der Waals surface area (Å²) in [6, 6.07) is -0.0554. The van der Waals surface area contributed by atoms with Crippen LogP contribution in [0.3, 0.4) is 0 Å². The molecule has 1 N–H and O–H groups in total. The fourth-order valence-corrected chi connectivity index (χ4v) is 4.22. The summed E-state index contributed by atoms with van der Waals surface area (Å²) in [7, 11) is -1.81. The zero-order chi connectivity index (χ0) is 15.7. The largest absolute Gasteiger partial charge is 0.347 e. The maximum absolute atomic E-state index is 12.7. The van der Waals surface area contributed by atoms with Crippen molar-refractivity contribution in [2.24, 2.45) is 7.05 Å². The van der Waals surface area contributed by atoms with E-state index in [1.54, 1.807) is 19.4 Å². The zero-order valence-corrected chi connectivity index (χ0v) is 13.5. The van der Waals surface area contributed by atoms with Gasteiger partial charge in [0.15, 0.2) is 0 Å². The number of hydrogen-bond donors (Lipinski definition) is 1. The third-order valence-corrected chi connectivity index (χ3v) is 5.83. The number of nitrogens with zero attached hydrogens (tertiary/aromatic N) is 5. The van der Waals surface area contributed by atoms with E-state index in [1.165, 1.54) is 21.4 Å². The average molecular weight is 324 g/mol. The molecular formula is C13H20N6O2S. The van der Waals surface area contributed by atoms with Crippen LogP contribution in [0.1, 0.15) is 18.8 Å². The first-order chi connectivity index (χ1) is 10.5. The molecule has 3 rings (SSSR count). The number of hydrogen-bond acceptors (Lipinski definition) is 5. The normalized spacial score (nSPS) is 21.3. The first-order valence-electron chi connectivity index (χ1n) is 7.24. The molecule has 0 radical (unpaired) electrons. The molecule has 0 aromatic carbocycles. The van der Waals surface area contributed by atoms with E-state index in [9.17, 15) is 8.42 Å². The van der Waals surface area contributed by atoms with Gasteiger partial charge in [0, 0.05) is 45.3 Å². The summed E-state index contributed by atoms with van der Waals surface area (Å²) in [5.41, 5.74) is 0. The van der Waals surface area contributed by atoms with Gasteiger partial charge in [-0.2, -0.15) is 9.40 Å². The van der Waals surface area contributed by atoms with Crippen molar-refractivity contribution < 1.29 is 8.42 Å². The van der Waals surface area contributed by atoms with Gasteiger partial charge in [0.25, 0.3) is 0 Å². The summed E-state index contributed by atoms with van der Waals surface area (Å²) in [5, 5.41) is 3.96. The molecule has 1 aliphatic rings. The average Bonchev–Trinajstić information content (AvgIpc) is 3.18. The van der Waals surface area contributed by atoms with Crippen molar-refractivity contribution in [2.45, 2.75) is 17.9 Å². The molecule has 3 heterocycles. The van der Waals surface area contributed by atoms with Gasteiger partial charge in [0.05, 0.1) is 12.2 Å². The van der Waals surface area contributed by atoms with Gasteiger partial charge < -0.3 is 4.98 Å². The second-order valence-electron chi connectivity index (χ2n) is 5.33. The number of imidazole rings is 1. The van der Waals surface area contributed by atoms with Gasteiger partial charge in [-0.05, 0) is 6.54 Å². The van der Waals surface area contributed by atoms with Gasteiger partial charge in [-0.1, -0.05) is 6.92 Å². The van der Waals surface area contributed by atoms with Crippen molar-refractivity contribution in [3.63, 3.8) is 0 Å². The Balaban J connectivity index is 1.87. The number of likely N-dealkylation sites (N-methyl/N-ethyl adjacent to an activating group) is 1. The summed E-state index contributed by atoms with van der Waals surface area (Å²) in [6.45, 7) is 4.47. The molecule has 0 bridgehead atoms. The highest BCUT2D eigenvalue weighted by molar-refractivity contribution is 7.89. The SMILES string of the molecule is CCN1CCN(S(=O)(=O)c2cnn(C)c2)CC1c1ncc[nH]1. The molecule has 120 valence electrons. The number of aromatic amines is 1. The Hall–Kier alpha value is -1.71. The first-order valence-corrected chi connectivity index (χ1v) is 8.68. The molecule has 1 fully saturated rings. The number of aromatic nitrogens is 4. The Bertz CT molecular complexity index is 724. The zero-order valence-electron chi connectivity index (χ0n) is 12.7. The predicted molar refractivity (Wildman–Crippen MR) is 80.5 cm³/mol. The lowest BCUT2D eigenvalue weighted by atomic mass is 10.2. The Morgan fingerprint density at radius 2 is 2.23 bits per heavy atom. The Kier molecular flexibility index (Phi) is 4.02. The summed E-state index contributed by atoms with van der Waals surface area (Å²) < 4.78 is 28.5. The highest BCUT2D eigenvalue weighted by Crippen LogP contribution is 2.26. The summed E-state index contributed by atoms with van der Waals surface area (Å²) >= 11 is 0. The molecule has 8 nitrogen and oxygen atoms in total. The maximum atomic E-state index is 12.7. The van der Waals surface area contributed by atoms with E-state index in [0.717, 1.165) is 12.4 Å². The minimum atomic E-state index is -3.52. The third kappa shape index (κ3) is 2.67. The molecule has 0 saturated carbocycles. The molecule has 0 spiro atoms. The summed E-state index contributed by atoms with van der Waals surface area (Å²) in [5.74, 6) is 0.799. The highest BCUT2D eigenvalue weighted by Gasteiger charge is 2.35. The number of sulfonamides is 1. The fraction of sp³-hybridized carbons (Fsp3) is 0.538. The van der Waals surface area contributed by atoms with Crippen molar-refractivity contribution in [2.75, 3.05) is 26.2 Å². The molecule has 0 amide bonds. The smallest absolute Gasteiger partial charge is 0.246 e. The molecule has 1 aliphatic heterocycles. The van der Waals surface area contributed by atoms with Crippen LogP contribution >= 0.6 is 0 Å². The van der Waals surface area contributed by atoms with E-state index >= 15 is 0 Å². The van der Waals surface area contributed by atoms with Crippen LogP contribution in [0.15, 0.2) is 29.7 Å². The van der Waals surface area contributed by atoms with E-state index in [4.69, 9.17) is 0 Å². The molecule has 2 aromatic rings. The summed E-state index contributed by atoms with van der Waals surface area (Å²) in [6.07, 6.45) is 6.38. The quantitative estimate of drug-likeness (QED) is 0.869. The van der Waals surface area contributed by atoms with Crippen molar-refractivity contribution in [1.82, 2.24) is 29.0 Å². The van der Waals surface area contributed by atoms with Crippen LogP contribution in [0.2, 0.25) is 0 Å². The van der Waals surface area contributed by atoms with E-state index in [1.807, 2.05) is 0 Å². The Labute approximate surface area is 129 Å².